The van der Waals surface area contributed by atoms with Gasteiger partial charge in [-0.3, -0.25) is 9.89 Å². The summed E-state index contributed by atoms with van der Waals surface area (Å²) >= 11 is 0. The van der Waals surface area contributed by atoms with Crippen molar-refractivity contribution in [3.05, 3.63) is 77.9 Å². The van der Waals surface area contributed by atoms with Crippen LogP contribution in [-0.2, 0) is 11.0 Å². The number of halogens is 3. The van der Waals surface area contributed by atoms with Crippen LogP contribution in [0.4, 0.5) is 19.0 Å². The lowest BCUT2D eigenvalue weighted by Gasteiger charge is -2.05. The highest BCUT2D eigenvalue weighted by molar-refractivity contribution is 6.01. The Morgan fingerprint density at radius 2 is 1.73 bits per heavy atom. The number of amides is 1. The van der Waals surface area contributed by atoms with Gasteiger partial charge in [-0.15, -0.1) is 0 Å². The molecule has 0 unspecified atom stereocenters. The molecule has 0 saturated heterocycles. The molecule has 7 heteroatoms. The standard InChI is InChI=1S/C19H14F3N3O/c20-19(21,22)15-9-6-13(7-10-15)8-11-18(26)23-17-12-16(24-25-17)14-4-2-1-3-5-14/h1-12H,(H2,23,24,25,26)/b11-8-. The third-order valence-electron chi connectivity index (χ3n) is 3.58. The zero-order chi connectivity index (χ0) is 18.6. The maximum atomic E-state index is 12.5. The van der Waals surface area contributed by atoms with Crippen molar-refractivity contribution in [3.63, 3.8) is 0 Å². The summed E-state index contributed by atoms with van der Waals surface area (Å²) in [5.74, 6) is -0.0815. The number of rotatable bonds is 4. The van der Waals surface area contributed by atoms with Crippen LogP contribution in [-0.4, -0.2) is 16.1 Å². The van der Waals surface area contributed by atoms with Gasteiger partial charge in [-0.25, -0.2) is 0 Å². The van der Waals surface area contributed by atoms with Crippen LogP contribution in [0.2, 0.25) is 0 Å². The summed E-state index contributed by atoms with van der Waals surface area (Å²) in [6.45, 7) is 0. The number of nitrogens with one attached hydrogen (secondary N) is 2. The molecule has 0 aliphatic rings. The predicted molar refractivity (Wildman–Crippen MR) is 93.1 cm³/mol. The predicted octanol–water partition coefficient (Wildman–Crippen LogP) is 4.75. The van der Waals surface area contributed by atoms with Gasteiger partial charge in [-0.2, -0.15) is 18.3 Å². The number of aromatic amines is 1. The second kappa shape index (κ2) is 7.26. The number of hydrogen-bond acceptors (Lipinski definition) is 2. The lowest BCUT2D eigenvalue weighted by molar-refractivity contribution is -0.137. The van der Waals surface area contributed by atoms with E-state index in [1.165, 1.54) is 24.3 Å². The molecule has 2 N–H and O–H groups in total. The van der Waals surface area contributed by atoms with Crippen molar-refractivity contribution in [2.75, 3.05) is 5.32 Å². The summed E-state index contributed by atoms with van der Waals surface area (Å²) in [5.41, 5.74) is 1.44. The van der Waals surface area contributed by atoms with Crippen LogP contribution in [0.5, 0.6) is 0 Å². The van der Waals surface area contributed by atoms with Crippen molar-refractivity contribution < 1.29 is 18.0 Å². The fourth-order valence-corrected chi connectivity index (χ4v) is 2.27. The molecule has 3 rings (SSSR count). The van der Waals surface area contributed by atoms with Crippen molar-refractivity contribution >= 4 is 17.8 Å². The molecule has 1 aromatic heterocycles. The molecule has 4 nitrogen and oxygen atoms in total. The molecule has 0 spiro atoms. The van der Waals surface area contributed by atoms with Gasteiger partial charge in [0.1, 0.15) is 0 Å². The SMILES string of the molecule is O=C(/C=C\c1ccc(C(F)(F)F)cc1)Nc1cc(-c2ccccc2)[nH]n1. The minimum Gasteiger partial charge on any atom is -0.306 e. The van der Waals surface area contributed by atoms with Crippen LogP contribution in [0.3, 0.4) is 0 Å². The van der Waals surface area contributed by atoms with E-state index in [4.69, 9.17) is 0 Å². The van der Waals surface area contributed by atoms with E-state index in [1.54, 1.807) is 6.07 Å². The number of benzene rings is 2. The minimum absolute atomic E-state index is 0.353. The van der Waals surface area contributed by atoms with Crippen molar-refractivity contribution in [1.29, 1.82) is 0 Å². The van der Waals surface area contributed by atoms with Crippen molar-refractivity contribution in [3.8, 4) is 11.3 Å². The third-order valence-corrected chi connectivity index (χ3v) is 3.58. The number of carbonyl (C=O) groups is 1. The first kappa shape index (κ1) is 17.5. The number of anilines is 1. The van der Waals surface area contributed by atoms with Crippen LogP contribution in [0.15, 0.2) is 66.7 Å². The molecular formula is C19H14F3N3O. The summed E-state index contributed by atoms with van der Waals surface area (Å²) in [7, 11) is 0. The Kier molecular flexibility index (Phi) is 4.88. The number of carbonyl (C=O) groups excluding carboxylic acids is 1. The van der Waals surface area contributed by atoms with E-state index in [-0.39, 0.29) is 0 Å². The first-order valence-corrected chi connectivity index (χ1v) is 7.69. The molecule has 2 aromatic carbocycles. The lowest BCUT2D eigenvalue weighted by atomic mass is 10.1. The summed E-state index contributed by atoms with van der Waals surface area (Å²) < 4.78 is 37.5. The monoisotopic (exact) mass is 357 g/mol. The van der Waals surface area contributed by atoms with E-state index in [1.807, 2.05) is 30.3 Å². The number of aromatic nitrogens is 2. The van der Waals surface area contributed by atoms with Gasteiger partial charge >= 0.3 is 6.18 Å². The molecule has 0 fully saturated rings. The molecule has 0 radical (unpaired) electrons. The fraction of sp³-hybridized carbons (Fsp3) is 0.0526. The van der Waals surface area contributed by atoms with Gasteiger partial charge in [0, 0.05) is 12.1 Å². The van der Waals surface area contributed by atoms with Gasteiger partial charge < -0.3 is 5.32 Å². The zero-order valence-corrected chi connectivity index (χ0v) is 13.4. The van der Waals surface area contributed by atoms with E-state index in [0.717, 1.165) is 23.4 Å². The molecule has 1 amide bonds. The molecule has 3 aromatic rings. The normalized spacial score (nSPS) is 11.7. The number of hydrogen-bond donors (Lipinski definition) is 2. The second-order valence-electron chi connectivity index (χ2n) is 5.48. The molecule has 0 bridgehead atoms. The average molecular weight is 357 g/mol. The largest absolute Gasteiger partial charge is 0.416 e. The molecule has 26 heavy (non-hydrogen) atoms. The molecule has 0 atom stereocenters. The molecule has 0 saturated carbocycles. The summed E-state index contributed by atoms with van der Waals surface area (Å²) in [6.07, 6.45) is -1.71. The Hall–Kier alpha value is -3.35. The van der Waals surface area contributed by atoms with Gasteiger partial charge in [-0.1, -0.05) is 42.5 Å². The topological polar surface area (TPSA) is 57.8 Å². The Balaban J connectivity index is 1.62. The highest BCUT2D eigenvalue weighted by Crippen LogP contribution is 2.29. The number of H-pyrrole nitrogens is 1. The Bertz CT molecular complexity index is 913. The summed E-state index contributed by atoms with van der Waals surface area (Å²) in [6, 6.07) is 15.7. The highest BCUT2D eigenvalue weighted by atomic mass is 19.4. The van der Waals surface area contributed by atoms with Crippen LogP contribution in [0.1, 0.15) is 11.1 Å². The van der Waals surface area contributed by atoms with Crippen molar-refractivity contribution in [2.45, 2.75) is 6.18 Å². The van der Waals surface area contributed by atoms with Crippen molar-refractivity contribution in [1.82, 2.24) is 10.2 Å². The molecule has 0 aliphatic carbocycles. The van der Waals surface area contributed by atoms with E-state index in [0.29, 0.717) is 11.4 Å². The Morgan fingerprint density at radius 1 is 1.04 bits per heavy atom. The van der Waals surface area contributed by atoms with Crippen LogP contribution in [0, 0.1) is 0 Å². The molecular weight excluding hydrogens is 343 g/mol. The van der Waals surface area contributed by atoms with Gasteiger partial charge in [0.05, 0.1) is 11.3 Å². The van der Waals surface area contributed by atoms with Gasteiger partial charge in [0.25, 0.3) is 0 Å². The molecule has 132 valence electrons. The quantitative estimate of drug-likeness (QED) is 0.662. The molecule has 1 heterocycles. The second-order valence-corrected chi connectivity index (χ2v) is 5.48. The van der Waals surface area contributed by atoms with Gasteiger partial charge in [0.15, 0.2) is 5.82 Å². The van der Waals surface area contributed by atoms with E-state index < -0.39 is 17.6 Å². The van der Waals surface area contributed by atoms with Gasteiger partial charge in [-0.05, 0) is 29.3 Å². The van der Waals surface area contributed by atoms with Gasteiger partial charge in [0.2, 0.25) is 5.91 Å². The minimum atomic E-state index is -4.38. The smallest absolute Gasteiger partial charge is 0.306 e. The number of nitrogens with zero attached hydrogens (tertiary/aromatic N) is 1. The zero-order valence-electron chi connectivity index (χ0n) is 13.4. The summed E-state index contributed by atoms with van der Waals surface area (Å²) in [5, 5.41) is 9.43. The average Bonchev–Trinajstić information content (AvgIpc) is 3.09. The lowest BCUT2D eigenvalue weighted by Crippen LogP contribution is -2.08. The fourth-order valence-electron chi connectivity index (χ4n) is 2.27. The first-order chi connectivity index (χ1) is 12.4. The summed E-state index contributed by atoms with van der Waals surface area (Å²) in [4.78, 5) is 11.9. The van der Waals surface area contributed by atoms with Crippen LogP contribution in [0.25, 0.3) is 17.3 Å². The van der Waals surface area contributed by atoms with Crippen LogP contribution < -0.4 is 5.32 Å². The third kappa shape index (κ3) is 4.38. The Labute approximate surface area is 147 Å². The van der Waals surface area contributed by atoms with E-state index in [9.17, 15) is 18.0 Å². The molecule has 0 aliphatic heterocycles. The van der Waals surface area contributed by atoms with Crippen molar-refractivity contribution in [2.24, 2.45) is 0 Å². The van der Waals surface area contributed by atoms with E-state index in [2.05, 4.69) is 15.5 Å². The number of alkyl halides is 3. The first-order valence-electron chi connectivity index (χ1n) is 7.69. The maximum Gasteiger partial charge on any atom is 0.416 e. The van der Waals surface area contributed by atoms with Crippen LogP contribution >= 0.6 is 0 Å². The maximum absolute atomic E-state index is 12.5. The van der Waals surface area contributed by atoms with E-state index >= 15 is 0 Å². The Morgan fingerprint density at radius 3 is 2.38 bits per heavy atom. The highest BCUT2D eigenvalue weighted by Gasteiger charge is 2.29.